The number of Topliss-reactive ketones (excluding diaryl/α,β-unsaturated/α-hetero) is 1. The molecule has 0 bridgehead atoms. The Morgan fingerprint density at radius 1 is 0.906 bits per heavy atom. The molecule has 0 atom stereocenters. The maximum Gasteiger partial charge on any atom is 0.185 e. The zero-order valence-electron chi connectivity index (χ0n) is 18.2. The highest BCUT2D eigenvalue weighted by molar-refractivity contribution is 6.06. The summed E-state index contributed by atoms with van der Waals surface area (Å²) in [5.74, 6) is 1.69. The summed E-state index contributed by atoms with van der Waals surface area (Å²) in [5, 5.41) is 0. The van der Waals surface area contributed by atoms with Crippen molar-refractivity contribution in [2.45, 2.75) is 26.2 Å². The van der Waals surface area contributed by atoms with Crippen LogP contribution in [0.15, 0.2) is 72.8 Å². The Morgan fingerprint density at radius 2 is 1.66 bits per heavy atom. The average molecular weight is 427 g/mol. The van der Waals surface area contributed by atoms with Gasteiger partial charge in [-0.05, 0) is 73.0 Å². The number of allylic oxidation sites excluding steroid dienone is 1. The number of carbonyl (C=O) groups is 2. The number of ether oxygens (including phenoxy) is 2. The predicted octanol–water partition coefficient (Wildman–Crippen LogP) is 5.87. The molecular weight excluding hydrogens is 400 g/mol. The molecule has 0 aliphatic heterocycles. The third kappa shape index (κ3) is 5.52. The molecule has 0 saturated heterocycles. The lowest BCUT2D eigenvalue weighted by molar-refractivity contribution is 0.0993. The number of benzene rings is 3. The van der Waals surface area contributed by atoms with E-state index >= 15 is 0 Å². The molecule has 4 nitrogen and oxygen atoms in total. The number of carbonyl (C=O) groups excluding carboxylic acids is 2. The van der Waals surface area contributed by atoms with Gasteiger partial charge in [-0.3, -0.25) is 9.59 Å². The molecule has 1 aliphatic rings. The van der Waals surface area contributed by atoms with Crippen LogP contribution in [0.1, 0.15) is 50.2 Å². The van der Waals surface area contributed by atoms with Crippen LogP contribution in [0.4, 0.5) is 0 Å². The van der Waals surface area contributed by atoms with Crippen LogP contribution in [0.5, 0.6) is 11.5 Å². The molecule has 3 aromatic rings. The highest BCUT2D eigenvalue weighted by Crippen LogP contribution is 2.26. The third-order valence-corrected chi connectivity index (χ3v) is 5.43. The lowest BCUT2D eigenvalue weighted by Crippen LogP contribution is -2.05. The molecule has 4 rings (SSSR count). The molecule has 1 aliphatic carbocycles. The van der Waals surface area contributed by atoms with Crippen molar-refractivity contribution in [1.29, 1.82) is 0 Å². The van der Waals surface area contributed by atoms with Gasteiger partial charge in [0.2, 0.25) is 0 Å². The van der Waals surface area contributed by atoms with Gasteiger partial charge in [-0.25, -0.2) is 0 Å². The van der Waals surface area contributed by atoms with Gasteiger partial charge in [0.25, 0.3) is 0 Å². The van der Waals surface area contributed by atoms with Gasteiger partial charge < -0.3 is 9.47 Å². The Labute approximate surface area is 188 Å². The van der Waals surface area contributed by atoms with Gasteiger partial charge in [0, 0.05) is 24.0 Å². The van der Waals surface area contributed by atoms with Crippen LogP contribution in [0.2, 0.25) is 0 Å². The van der Waals surface area contributed by atoms with Crippen molar-refractivity contribution in [3.05, 3.63) is 101 Å². The Hall–Kier alpha value is -3.66. The van der Waals surface area contributed by atoms with E-state index in [9.17, 15) is 9.59 Å². The fraction of sp³-hybridized carbons (Fsp3) is 0.214. The molecule has 0 saturated carbocycles. The van der Waals surface area contributed by atoms with E-state index in [-0.39, 0.29) is 11.6 Å². The zero-order valence-corrected chi connectivity index (χ0v) is 18.2. The van der Waals surface area contributed by atoms with Crippen LogP contribution in [0.25, 0.3) is 6.08 Å². The van der Waals surface area contributed by atoms with Crippen LogP contribution >= 0.6 is 0 Å². The van der Waals surface area contributed by atoms with E-state index in [4.69, 9.17) is 9.47 Å². The Bertz CT molecular complexity index is 1140. The summed E-state index contributed by atoms with van der Waals surface area (Å²) in [6.07, 6.45) is 5.56. The number of fused-ring (bicyclic) bond motifs is 1. The summed E-state index contributed by atoms with van der Waals surface area (Å²) >= 11 is 0. The van der Waals surface area contributed by atoms with E-state index in [2.05, 4.69) is 0 Å². The second kappa shape index (κ2) is 10.1. The molecule has 0 fully saturated rings. The van der Waals surface area contributed by atoms with Gasteiger partial charge in [-0.2, -0.15) is 0 Å². The van der Waals surface area contributed by atoms with Gasteiger partial charge in [0.1, 0.15) is 11.5 Å². The normalized spacial score (nSPS) is 12.7. The van der Waals surface area contributed by atoms with Crippen LogP contribution in [0, 0.1) is 6.92 Å². The zero-order chi connectivity index (χ0) is 22.3. The van der Waals surface area contributed by atoms with Gasteiger partial charge in [-0.15, -0.1) is 0 Å². The molecule has 0 unspecified atom stereocenters. The molecule has 32 heavy (non-hydrogen) atoms. The number of aryl methyl sites for hydroxylation is 2. The molecular formula is C28H26O4. The Morgan fingerprint density at radius 3 is 2.44 bits per heavy atom. The standard InChI is InChI=1S/C28H26O4/c1-20-4-2-5-21(18-20)6-14-27(29)22-7-10-24(11-8-22)31-16-3-17-32-25-12-13-26-23(19-25)9-15-28(26)30/h2,4-8,10-14,18-19H,3,9,15-17H2,1H3/b14-6+. The Kier molecular flexibility index (Phi) is 6.81. The predicted molar refractivity (Wildman–Crippen MR) is 126 cm³/mol. The number of rotatable bonds is 9. The summed E-state index contributed by atoms with van der Waals surface area (Å²) < 4.78 is 11.5. The quantitative estimate of drug-likeness (QED) is 0.244. The van der Waals surface area contributed by atoms with Crippen molar-refractivity contribution < 1.29 is 19.1 Å². The van der Waals surface area contributed by atoms with Gasteiger partial charge in [0.05, 0.1) is 13.2 Å². The molecule has 0 heterocycles. The monoisotopic (exact) mass is 426 g/mol. The van der Waals surface area contributed by atoms with Crippen molar-refractivity contribution in [2.24, 2.45) is 0 Å². The first-order valence-corrected chi connectivity index (χ1v) is 10.9. The second-order valence-corrected chi connectivity index (χ2v) is 7.93. The first-order valence-electron chi connectivity index (χ1n) is 10.9. The lowest BCUT2D eigenvalue weighted by atomic mass is 10.1. The SMILES string of the molecule is Cc1cccc(/C=C/C(=O)c2ccc(OCCCOc3ccc4c(c3)CCC4=O)cc2)c1. The summed E-state index contributed by atoms with van der Waals surface area (Å²) in [5.41, 5.74) is 4.70. The van der Waals surface area contributed by atoms with Crippen molar-refractivity contribution in [1.82, 2.24) is 0 Å². The van der Waals surface area contributed by atoms with Crippen LogP contribution in [0.3, 0.4) is 0 Å². The minimum Gasteiger partial charge on any atom is -0.493 e. The molecule has 3 aromatic carbocycles. The van der Waals surface area contributed by atoms with Gasteiger partial charge in [-0.1, -0.05) is 35.9 Å². The number of ketones is 2. The smallest absolute Gasteiger partial charge is 0.185 e. The van der Waals surface area contributed by atoms with E-state index in [0.717, 1.165) is 46.6 Å². The largest absolute Gasteiger partial charge is 0.493 e. The van der Waals surface area contributed by atoms with Crippen molar-refractivity contribution in [2.75, 3.05) is 13.2 Å². The van der Waals surface area contributed by atoms with E-state index in [0.29, 0.717) is 25.2 Å². The Balaban J connectivity index is 1.20. The second-order valence-electron chi connectivity index (χ2n) is 7.93. The first-order chi connectivity index (χ1) is 15.6. The topological polar surface area (TPSA) is 52.6 Å². The summed E-state index contributed by atoms with van der Waals surface area (Å²) in [6.45, 7) is 3.08. The maximum atomic E-state index is 12.4. The fourth-order valence-corrected chi connectivity index (χ4v) is 3.72. The fourth-order valence-electron chi connectivity index (χ4n) is 3.72. The molecule has 4 heteroatoms. The van der Waals surface area contributed by atoms with Gasteiger partial charge in [0.15, 0.2) is 11.6 Å². The molecule has 0 aromatic heterocycles. The first kappa shape index (κ1) is 21.6. The van der Waals surface area contributed by atoms with Crippen LogP contribution in [-0.4, -0.2) is 24.8 Å². The minimum absolute atomic E-state index is 0.0393. The highest BCUT2D eigenvalue weighted by atomic mass is 16.5. The molecule has 0 spiro atoms. The van der Waals surface area contributed by atoms with E-state index in [1.165, 1.54) is 0 Å². The number of hydrogen-bond donors (Lipinski definition) is 0. The van der Waals surface area contributed by atoms with E-state index < -0.39 is 0 Å². The summed E-state index contributed by atoms with van der Waals surface area (Å²) in [6, 6.07) is 20.9. The van der Waals surface area contributed by atoms with Crippen molar-refractivity contribution in [3.8, 4) is 11.5 Å². The van der Waals surface area contributed by atoms with Gasteiger partial charge >= 0.3 is 0 Å². The third-order valence-electron chi connectivity index (χ3n) is 5.43. The number of hydrogen-bond acceptors (Lipinski definition) is 4. The van der Waals surface area contributed by atoms with E-state index in [1.807, 2.05) is 67.6 Å². The summed E-state index contributed by atoms with van der Waals surface area (Å²) in [4.78, 5) is 24.1. The van der Waals surface area contributed by atoms with Crippen molar-refractivity contribution >= 4 is 17.6 Å². The van der Waals surface area contributed by atoms with Crippen LogP contribution < -0.4 is 9.47 Å². The maximum absolute atomic E-state index is 12.4. The molecule has 0 radical (unpaired) electrons. The molecule has 0 amide bonds. The van der Waals surface area contributed by atoms with E-state index in [1.54, 1.807) is 18.2 Å². The molecule has 0 N–H and O–H groups in total. The highest BCUT2D eigenvalue weighted by Gasteiger charge is 2.19. The lowest BCUT2D eigenvalue weighted by Gasteiger charge is -2.09. The average Bonchev–Trinajstić information content (AvgIpc) is 3.18. The minimum atomic E-state index is -0.0393. The van der Waals surface area contributed by atoms with Crippen molar-refractivity contribution in [3.63, 3.8) is 0 Å². The van der Waals surface area contributed by atoms with Crippen LogP contribution in [-0.2, 0) is 6.42 Å². The molecule has 162 valence electrons. The summed E-state index contributed by atoms with van der Waals surface area (Å²) in [7, 11) is 0.